The Balaban J connectivity index is 1.56. The van der Waals surface area contributed by atoms with E-state index in [1.165, 1.54) is 32.1 Å². The Morgan fingerprint density at radius 1 is 1.04 bits per heavy atom. The molecule has 0 spiro atoms. The predicted octanol–water partition coefficient (Wildman–Crippen LogP) is 6.00. The first-order valence-electron chi connectivity index (χ1n) is 11.1. The fourth-order valence-electron chi connectivity index (χ4n) is 8.35. The molecule has 4 aliphatic rings. The molecule has 0 radical (unpaired) electrons. The van der Waals surface area contributed by atoms with E-state index in [1.54, 1.807) is 0 Å². The smallest absolute Gasteiger partial charge is 0.104 e. The van der Waals surface area contributed by atoms with Gasteiger partial charge in [0.25, 0.3) is 0 Å². The average Bonchev–Trinajstić information content (AvgIpc) is 2.83. The van der Waals surface area contributed by atoms with Crippen molar-refractivity contribution in [3.8, 4) is 0 Å². The Morgan fingerprint density at radius 2 is 1.76 bits per heavy atom. The summed E-state index contributed by atoms with van der Waals surface area (Å²) in [6, 6.07) is 0. The molecule has 1 N–H and O–H groups in total. The highest BCUT2D eigenvalue weighted by atomic mass is 19.1. The number of fused-ring (bicyclic) bond motifs is 5. The van der Waals surface area contributed by atoms with Crippen LogP contribution in [-0.4, -0.2) is 16.9 Å². The summed E-state index contributed by atoms with van der Waals surface area (Å²) in [6.07, 6.45) is 9.69. The molecule has 3 unspecified atom stereocenters. The van der Waals surface area contributed by atoms with E-state index in [9.17, 15) is 5.11 Å². The van der Waals surface area contributed by atoms with Gasteiger partial charge < -0.3 is 5.11 Å². The van der Waals surface area contributed by atoms with Gasteiger partial charge in [0.05, 0.1) is 5.60 Å². The van der Waals surface area contributed by atoms with Gasteiger partial charge in [-0.15, -0.1) is 0 Å². The lowest BCUT2D eigenvalue weighted by Crippen LogP contribution is -2.51. The molecular formula is C23H39FO. The third-order valence-electron chi connectivity index (χ3n) is 9.56. The highest BCUT2D eigenvalue weighted by Crippen LogP contribution is 2.66. The van der Waals surface area contributed by atoms with Crippen LogP contribution in [0.1, 0.15) is 85.5 Å². The van der Waals surface area contributed by atoms with Crippen LogP contribution in [0.15, 0.2) is 0 Å². The Bertz CT molecular complexity index is 502. The lowest BCUT2D eigenvalue weighted by Gasteiger charge is -2.57. The molecule has 0 amide bonds. The van der Waals surface area contributed by atoms with Crippen LogP contribution in [0.2, 0.25) is 0 Å². The molecule has 0 aromatic heterocycles. The molecule has 4 aliphatic carbocycles. The first-order chi connectivity index (χ1) is 11.8. The van der Waals surface area contributed by atoms with Gasteiger partial charge in [0.15, 0.2) is 0 Å². The second-order valence-corrected chi connectivity index (χ2v) is 10.9. The average molecular weight is 351 g/mol. The van der Waals surface area contributed by atoms with Crippen molar-refractivity contribution < 1.29 is 9.50 Å². The number of hydrogen-bond donors (Lipinski definition) is 1. The summed E-state index contributed by atoms with van der Waals surface area (Å²) >= 11 is 0. The van der Waals surface area contributed by atoms with Gasteiger partial charge in [-0.25, -0.2) is 4.39 Å². The van der Waals surface area contributed by atoms with Crippen molar-refractivity contribution >= 4 is 0 Å². The molecule has 4 rings (SSSR count). The normalized spacial score (nSPS) is 56.6. The number of halogens is 1. The summed E-state index contributed by atoms with van der Waals surface area (Å²) in [5.74, 6) is 4.53. The lowest BCUT2D eigenvalue weighted by molar-refractivity contribution is -0.103. The second-order valence-electron chi connectivity index (χ2n) is 10.9. The third kappa shape index (κ3) is 2.80. The maximum absolute atomic E-state index is 15.1. The van der Waals surface area contributed by atoms with Crippen molar-refractivity contribution in [2.45, 2.75) is 97.3 Å². The highest BCUT2D eigenvalue weighted by Gasteiger charge is 2.61. The molecule has 4 fully saturated rings. The first kappa shape index (κ1) is 18.3. The van der Waals surface area contributed by atoms with Gasteiger partial charge >= 0.3 is 0 Å². The van der Waals surface area contributed by atoms with Gasteiger partial charge in [0.2, 0.25) is 0 Å². The van der Waals surface area contributed by atoms with E-state index in [0.717, 1.165) is 49.4 Å². The molecule has 0 saturated heterocycles. The van der Waals surface area contributed by atoms with Crippen LogP contribution < -0.4 is 0 Å². The van der Waals surface area contributed by atoms with E-state index in [0.29, 0.717) is 11.8 Å². The van der Waals surface area contributed by atoms with E-state index in [-0.39, 0.29) is 11.3 Å². The Labute approximate surface area is 154 Å². The molecule has 2 heteroatoms. The molecule has 0 bridgehead atoms. The monoisotopic (exact) mass is 350 g/mol. The van der Waals surface area contributed by atoms with Gasteiger partial charge in [-0.05, 0) is 105 Å². The standard InChI is InChI=1S/C23H39FO/c1-5-14(2)21-20(24)12-19-18-7-6-15-13-22(3,25)10-8-16(15)17(18)9-11-23(19,21)4/h14-21,25H,5-13H2,1-4H3/t14?,15?,16-,17+,18+,19-,20+,21?,22+,23-/m0/s1. The number of aliphatic hydroxyl groups is 1. The van der Waals surface area contributed by atoms with Crippen molar-refractivity contribution in [1.29, 1.82) is 0 Å². The fourth-order valence-corrected chi connectivity index (χ4v) is 8.35. The second kappa shape index (κ2) is 6.21. The molecular weight excluding hydrogens is 311 g/mol. The minimum Gasteiger partial charge on any atom is -0.390 e. The van der Waals surface area contributed by atoms with Crippen LogP contribution in [-0.2, 0) is 0 Å². The summed E-state index contributed by atoms with van der Waals surface area (Å²) in [7, 11) is 0. The van der Waals surface area contributed by atoms with E-state index in [2.05, 4.69) is 20.8 Å². The zero-order valence-electron chi connectivity index (χ0n) is 16.8. The van der Waals surface area contributed by atoms with Crippen LogP contribution in [0.25, 0.3) is 0 Å². The van der Waals surface area contributed by atoms with Crippen molar-refractivity contribution in [3.63, 3.8) is 0 Å². The van der Waals surface area contributed by atoms with Crippen LogP contribution in [0.3, 0.4) is 0 Å². The van der Waals surface area contributed by atoms with Gasteiger partial charge in [-0.3, -0.25) is 0 Å². The molecule has 0 aromatic carbocycles. The van der Waals surface area contributed by atoms with Crippen LogP contribution >= 0.6 is 0 Å². The molecule has 1 nitrogen and oxygen atoms in total. The number of alkyl halides is 1. The summed E-state index contributed by atoms with van der Waals surface area (Å²) in [4.78, 5) is 0. The van der Waals surface area contributed by atoms with E-state index in [1.807, 2.05) is 6.92 Å². The summed E-state index contributed by atoms with van der Waals surface area (Å²) in [6.45, 7) is 9.01. The highest BCUT2D eigenvalue weighted by molar-refractivity contribution is 5.09. The van der Waals surface area contributed by atoms with Crippen molar-refractivity contribution in [2.24, 2.45) is 46.8 Å². The molecule has 0 aliphatic heterocycles. The van der Waals surface area contributed by atoms with E-state index >= 15 is 4.39 Å². The van der Waals surface area contributed by atoms with Gasteiger partial charge in [-0.1, -0.05) is 27.2 Å². The summed E-state index contributed by atoms with van der Waals surface area (Å²) < 4.78 is 15.1. The summed E-state index contributed by atoms with van der Waals surface area (Å²) in [5, 5.41) is 10.5. The Kier molecular flexibility index (Phi) is 4.54. The largest absolute Gasteiger partial charge is 0.390 e. The van der Waals surface area contributed by atoms with Gasteiger partial charge in [-0.2, -0.15) is 0 Å². The molecule has 25 heavy (non-hydrogen) atoms. The minimum absolute atomic E-state index is 0.239. The SMILES string of the molecule is CCC(C)C1[C@H](F)C[C@H]2[C@@H]3CCC4C[C@](C)(O)CC[C@@H]4[C@H]3CC[C@]12C. The number of rotatable bonds is 2. The first-order valence-corrected chi connectivity index (χ1v) is 11.1. The molecule has 4 saturated carbocycles. The van der Waals surface area contributed by atoms with Crippen LogP contribution in [0.5, 0.6) is 0 Å². The van der Waals surface area contributed by atoms with Crippen molar-refractivity contribution in [3.05, 3.63) is 0 Å². The Morgan fingerprint density at radius 3 is 2.48 bits per heavy atom. The zero-order valence-corrected chi connectivity index (χ0v) is 16.8. The van der Waals surface area contributed by atoms with Gasteiger partial charge in [0.1, 0.15) is 6.17 Å². The fraction of sp³-hybridized carbons (Fsp3) is 1.00. The predicted molar refractivity (Wildman–Crippen MR) is 101 cm³/mol. The molecule has 10 atom stereocenters. The lowest BCUT2D eigenvalue weighted by atomic mass is 9.48. The van der Waals surface area contributed by atoms with Crippen molar-refractivity contribution in [2.75, 3.05) is 0 Å². The van der Waals surface area contributed by atoms with Crippen molar-refractivity contribution in [1.82, 2.24) is 0 Å². The van der Waals surface area contributed by atoms with E-state index in [4.69, 9.17) is 0 Å². The maximum Gasteiger partial charge on any atom is 0.104 e. The topological polar surface area (TPSA) is 20.2 Å². The maximum atomic E-state index is 15.1. The summed E-state index contributed by atoms with van der Waals surface area (Å²) in [5.41, 5.74) is -0.195. The van der Waals surface area contributed by atoms with Gasteiger partial charge in [0, 0.05) is 0 Å². The molecule has 0 aromatic rings. The minimum atomic E-state index is -0.575. The Hall–Kier alpha value is -0.110. The molecule has 0 heterocycles. The van der Waals surface area contributed by atoms with Crippen LogP contribution in [0, 0.1) is 46.8 Å². The quantitative estimate of drug-likeness (QED) is 0.647. The number of hydrogen-bond acceptors (Lipinski definition) is 1. The van der Waals surface area contributed by atoms with Crippen LogP contribution in [0.4, 0.5) is 4.39 Å². The molecule has 144 valence electrons. The third-order valence-corrected chi connectivity index (χ3v) is 9.56. The zero-order chi connectivity index (χ0) is 18.0. The van der Waals surface area contributed by atoms with E-state index < -0.39 is 11.8 Å².